The van der Waals surface area contributed by atoms with E-state index in [0.29, 0.717) is 18.4 Å². The Hall–Kier alpha value is -3.67. The van der Waals surface area contributed by atoms with Gasteiger partial charge in [-0.15, -0.1) is 0 Å². The topological polar surface area (TPSA) is 114 Å². The lowest BCUT2D eigenvalue weighted by atomic mass is 10.0. The van der Waals surface area contributed by atoms with Crippen LogP contribution in [0.15, 0.2) is 42.7 Å². The molecule has 35 heavy (non-hydrogen) atoms. The van der Waals surface area contributed by atoms with E-state index in [1.54, 1.807) is 0 Å². The fourth-order valence-electron chi connectivity index (χ4n) is 3.54. The number of aromatic nitrogens is 3. The summed E-state index contributed by atoms with van der Waals surface area (Å²) in [6.07, 6.45) is -1.46. The van der Waals surface area contributed by atoms with E-state index in [4.69, 9.17) is 9.90 Å². The number of carbonyl (C=O) groups is 2. The van der Waals surface area contributed by atoms with Crippen LogP contribution in [0.4, 0.5) is 24.8 Å². The van der Waals surface area contributed by atoms with E-state index in [-0.39, 0.29) is 5.91 Å². The first kappa shape index (κ1) is 25.9. The number of carbonyl (C=O) groups excluding carboxylic acids is 1. The molecular weight excluding hydrogens is 465 g/mol. The number of piperazine rings is 1. The molecule has 12 heteroatoms. The number of fused-ring (bicyclic) bond motifs is 1. The lowest BCUT2D eigenvalue weighted by Gasteiger charge is -2.35. The molecule has 1 saturated heterocycles. The molecular formula is C23H27F3N6O3. The van der Waals surface area contributed by atoms with Gasteiger partial charge in [-0.05, 0) is 35.7 Å². The summed E-state index contributed by atoms with van der Waals surface area (Å²) < 4.78 is 31.7. The van der Waals surface area contributed by atoms with Gasteiger partial charge in [0, 0.05) is 44.3 Å². The third-order valence-corrected chi connectivity index (χ3v) is 5.44. The summed E-state index contributed by atoms with van der Waals surface area (Å²) in [6, 6.07) is 10.2. The lowest BCUT2D eigenvalue weighted by molar-refractivity contribution is -0.192. The number of aliphatic carboxylic acids is 1. The van der Waals surface area contributed by atoms with Crippen LogP contribution in [-0.2, 0) is 9.59 Å². The van der Waals surface area contributed by atoms with E-state index in [1.165, 1.54) is 11.3 Å². The summed E-state index contributed by atoms with van der Waals surface area (Å²) >= 11 is 0. The maximum Gasteiger partial charge on any atom is 0.490 e. The van der Waals surface area contributed by atoms with Crippen molar-refractivity contribution in [1.29, 1.82) is 0 Å². The number of pyridine rings is 1. The van der Waals surface area contributed by atoms with Crippen LogP contribution in [0, 0.1) is 0 Å². The summed E-state index contributed by atoms with van der Waals surface area (Å²) in [5, 5.41) is 10.0. The van der Waals surface area contributed by atoms with Crippen LogP contribution in [0.2, 0.25) is 0 Å². The smallest absolute Gasteiger partial charge is 0.475 e. The molecule has 1 aromatic carbocycles. The Bertz CT molecular complexity index is 1140. The van der Waals surface area contributed by atoms with Crippen LogP contribution >= 0.6 is 0 Å². The second-order valence-electron chi connectivity index (χ2n) is 8.34. The number of carboxylic acid groups (broad SMARTS) is 1. The minimum atomic E-state index is -5.08. The molecule has 0 atom stereocenters. The molecule has 3 heterocycles. The molecule has 0 unspecified atom stereocenters. The number of rotatable bonds is 5. The number of imidazole rings is 1. The highest BCUT2D eigenvalue weighted by atomic mass is 19.4. The van der Waals surface area contributed by atoms with Crippen molar-refractivity contribution in [2.75, 3.05) is 42.9 Å². The van der Waals surface area contributed by atoms with Crippen molar-refractivity contribution < 1.29 is 27.9 Å². The SMILES string of the molecule is CC(C)c1ccc2nc(NC(=O)CN3CCN(c4ccncc4)CC3)[nH]c2c1.O=C(O)C(F)(F)F. The highest BCUT2D eigenvalue weighted by molar-refractivity contribution is 5.92. The number of alkyl halides is 3. The number of amides is 1. The van der Waals surface area contributed by atoms with E-state index in [2.05, 4.69) is 56.0 Å². The van der Waals surface area contributed by atoms with Crippen LogP contribution in [0.3, 0.4) is 0 Å². The van der Waals surface area contributed by atoms with Crippen molar-refractivity contribution in [3.05, 3.63) is 48.3 Å². The Morgan fingerprint density at radius 1 is 1.11 bits per heavy atom. The Labute approximate surface area is 200 Å². The molecule has 1 aliphatic heterocycles. The first-order valence-corrected chi connectivity index (χ1v) is 11.0. The first-order chi connectivity index (χ1) is 16.5. The summed E-state index contributed by atoms with van der Waals surface area (Å²) in [5.41, 5.74) is 4.25. The Kier molecular flexibility index (Phi) is 8.28. The van der Waals surface area contributed by atoms with Crippen molar-refractivity contribution >= 4 is 34.5 Å². The molecule has 0 aliphatic carbocycles. The van der Waals surface area contributed by atoms with E-state index in [0.717, 1.165) is 37.2 Å². The average Bonchev–Trinajstić information content (AvgIpc) is 3.21. The monoisotopic (exact) mass is 492 g/mol. The van der Waals surface area contributed by atoms with Gasteiger partial charge in [0.05, 0.1) is 17.6 Å². The van der Waals surface area contributed by atoms with Gasteiger partial charge >= 0.3 is 12.1 Å². The normalized spacial score (nSPS) is 14.5. The van der Waals surface area contributed by atoms with Gasteiger partial charge in [-0.3, -0.25) is 20.0 Å². The minimum Gasteiger partial charge on any atom is -0.475 e. The second kappa shape index (κ2) is 11.2. The summed E-state index contributed by atoms with van der Waals surface area (Å²) in [7, 11) is 0. The molecule has 3 N–H and O–H groups in total. The van der Waals surface area contributed by atoms with Gasteiger partial charge in [-0.25, -0.2) is 9.78 Å². The standard InChI is InChI=1S/C21H26N6O.C2HF3O2/c1-15(2)16-3-4-18-19(13-16)24-21(23-18)25-20(28)14-26-9-11-27(12-10-26)17-5-7-22-8-6-17;3-2(4,5)1(6)7/h3-8,13,15H,9-12,14H2,1-2H3,(H2,23,24,25,28);(H,6,7). The molecule has 3 aromatic rings. The fourth-order valence-corrected chi connectivity index (χ4v) is 3.54. The summed E-state index contributed by atoms with van der Waals surface area (Å²) in [6.45, 7) is 8.21. The number of benzene rings is 1. The van der Waals surface area contributed by atoms with Crippen LogP contribution in [0.1, 0.15) is 25.3 Å². The molecule has 0 radical (unpaired) electrons. The van der Waals surface area contributed by atoms with E-state index < -0.39 is 12.1 Å². The Morgan fingerprint density at radius 3 is 2.31 bits per heavy atom. The van der Waals surface area contributed by atoms with Crippen molar-refractivity contribution in [3.8, 4) is 0 Å². The van der Waals surface area contributed by atoms with Gasteiger partial charge in [-0.1, -0.05) is 19.9 Å². The summed E-state index contributed by atoms with van der Waals surface area (Å²) in [4.78, 5) is 37.6. The predicted octanol–water partition coefficient (Wildman–Crippen LogP) is 3.48. The van der Waals surface area contributed by atoms with Crippen LogP contribution in [0.5, 0.6) is 0 Å². The molecule has 0 bridgehead atoms. The van der Waals surface area contributed by atoms with E-state index in [1.807, 2.05) is 30.6 Å². The second-order valence-corrected chi connectivity index (χ2v) is 8.34. The maximum atomic E-state index is 12.4. The number of halogens is 3. The molecule has 4 rings (SSSR count). The number of anilines is 2. The van der Waals surface area contributed by atoms with Gasteiger partial charge in [0.15, 0.2) is 0 Å². The largest absolute Gasteiger partial charge is 0.490 e. The average molecular weight is 493 g/mol. The molecule has 0 spiro atoms. The molecule has 1 aliphatic rings. The highest BCUT2D eigenvalue weighted by Crippen LogP contribution is 2.21. The van der Waals surface area contributed by atoms with Gasteiger partial charge in [0.1, 0.15) is 0 Å². The lowest BCUT2D eigenvalue weighted by Crippen LogP contribution is -2.48. The van der Waals surface area contributed by atoms with Gasteiger partial charge in [0.2, 0.25) is 11.9 Å². The third-order valence-electron chi connectivity index (χ3n) is 5.44. The number of hydrogen-bond acceptors (Lipinski definition) is 6. The predicted molar refractivity (Wildman–Crippen MR) is 125 cm³/mol. The van der Waals surface area contributed by atoms with Crippen molar-refractivity contribution in [1.82, 2.24) is 19.9 Å². The molecule has 1 fully saturated rings. The fraction of sp³-hybridized carbons (Fsp3) is 0.391. The number of nitrogens with zero attached hydrogens (tertiary/aromatic N) is 4. The first-order valence-electron chi connectivity index (χ1n) is 11.0. The van der Waals surface area contributed by atoms with Crippen molar-refractivity contribution in [2.24, 2.45) is 0 Å². The number of carboxylic acids is 1. The van der Waals surface area contributed by atoms with Crippen molar-refractivity contribution in [2.45, 2.75) is 25.9 Å². The third kappa shape index (κ3) is 7.41. The molecule has 9 nitrogen and oxygen atoms in total. The molecule has 188 valence electrons. The minimum absolute atomic E-state index is 0.0412. The Balaban J connectivity index is 0.000000429. The number of nitrogens with one attached hydrogen (secondary N) is 2. The zero-order valence-corrected chi connectivity index (χ0v) is 19.3. The molecule has 0 saturated carbocycles. The molecule has 2 aromatic heterocycles. The van der Waals surface area contributed by atoms with Gasteiger partial charge in [0.25, 0.3) is 0 Å². The van der Waals surface area contributed by atoms with Crippen LogP contribution < -0.4 is 10.2 Å². The quantitative estimate of drug-likeness (QED) is 0.500. The van der Waals surface area contributed by atoms with Gasteiger partial charge < -0.3 is 15.0 Å². The van der Waals surface area contributed by atoms with E-state index in [9.17, 15) is 18.0 Å². The number of hydrogen-bond donors (Lipinski definition) is 3. The zero-order chi connectivity index (χ0) is 25.6. The molecule has 1 amide bonds. The number of H-pyrrole nitrogens is 1. The highest BCUT2D eigenvalue weighted by Gasteiger charge is 2.38. The number of aromatic amines is 1. The van der Waals surface area contributed by atoms with Crippen molar-refractivity contribution in [3.63, 3.8) is 0 Å². The van der Waals surface area contributed by atoms with Gasteiger partial charge in [-0.2, -0.15) is 13.2 Å². The zero-order valence-electron chi connectivity index (χ0n) is 19.3. The van der Waals surface area contributed by atoms with Crippen LogP contribution in [0.25, 0.3) is 11.0 Å². The van der Waals surface area contributed by atoms with E-state index >= 15 is 0 Å². The Morgan fingerprint density at radius 2 is 1.74 bits per heavy atom. The van der Waals surface area contributed by atoms with Crippen LogP contribution in [-0.4, -0.2) is 75.7 Å². The maximum absolute atomic E-state index is 12.4. The summed E-state index contributed by atoms with van der Waals surface area (Å²) in [5.74, 6) is -1.83.